The van der Waals surface area contributed by atoms with Crippen molar-refractivity contribution in [1.82, 2.24) is 4.90 Å². The average Bonchev–Trinajstić information content (AvgIpc) is 2.43. The molecular weight excluding hydrogens is 334 g/mol. The molecule has 21 heavy (non-hydrogen) atoms. The molecule has 4 nitrogen and oxygen atoms in total. The van der Waals surface area contributed by atoms with E-state index in [0.29, 0.717) is 12.3 Å². The van der Waals surface area contributed by atoms with E-state index in [2.05, 4.69) is 15.9 Å². The molecule has 0 saturated heterocycles. The highest BCUT2D eigenvalue weighted by atomic mass is 79.9. The number of carbonyl (C=O) groups is 1. The van der Waals surface area contributed by atoms with Crippen molar-refractivity contribution in [2.24, 2.45) is 5.92 Å². The number of aryl methyl sites for hydroxylation is 1. The molecule has 5 heteroatoms. The number of amides is 1. The number of carbonyl (C=O) groups excluding carboxylic acids is 1. The van der Waals surface area contributed by atoms with Crippen LogP contribution in [0, 0.1) is 5.92 Å². The normalized spacial score (nSPS) is 20.8. The monoisotopic (exact) mass is 355 g/mol. The van der Waals surface area contributed by atoms with Gasteiger partial charge in [0.1, 0.15) is 5.75 Å². The first kappa shape index (κ1) is 16.3. The summed E-state index contributed by atoms with van der Waals surface area (Å²) in [5, 5.41) is 9.27. The highest BCUT2D eigenvalue weighted by Crippen LogP contribution is 2.28. The van der Waals surface area contributed by atoms with Crippen LogP contribution in [0.15, 0.2) is 22.7 Å². The molecule has 0 unspecified atom stereocenters. The van der Waals surface area contributed by atoms with Gasteiger partial charge in [0.2, 0.25) is 5.91 Å². The fourth-order valence-electron chi connectivity index (χ4n) is 2.65. The second-order valence-corrected chi connectivity index (χ2v) is 6.59. The molecule has 1 aliphatic carbocycles. The lowest BCUT2D eigenvalue weighted by molar-refractivity contribution is -0.131. The van der Waals surface area contributed by atoms with E-state index >= 15 is 0 Å². The minimum Gasteiger partial charge on any atom is -0.496 e. The quantitative estimate of drug-likeness (QED) is 0.853. The van der Waals surface area contributed by atoms with Crippen LogP contribution in [0.3, 0.4) is 0 Å². The number of nitrogens with zero attached hydrogens (tertiary/aromatic N) is 1. The van der Waals surface area contributed by atoms with Gasteiger partial charge in [-0.05, 0) is 58.8 Å². The number of aliphatic hydroxyl groups is 1. The first-order valence-corrected chi connectivity index (χ1v) is 8.03. The first-order chi connectivity index (χ1) is 9.99. The Kier molecular flexibility index (Phi) is 5.65. The Labute approximate surface area is 134 Å². The van der Waals surface area contributed by atoms with E-state index in [1.165, 1.54) is 0 Å². The second-order valence-electron chi connectivity index (χ2n) is 5.73. The molecule has 0 radical (unpaired) electrons. The average molecular weight is 356 g/mol. The third kappa shape index (κ3) is 4.45. The Hall–Kier alpha value is -1.07. The number of ether oxygens (including phenoxy) is 1. The summed E-state index contributed by atoms with van der Waals surface area (Å²) in [4.78, 5) is 13.9. The molecule has 1 aromatic rings. The summed E-state index contributed by atoms with van der Waals surface area (Å²) in [6.45, 7) is 0.752. The molecule has 0 aromatic heterocycles. The fourth-order valence-corrected chi connectivity index (χ4v) is 3.23. The summed E-state index contributed by atoms with van der Waals surface area (Å²) in [6.07, 6.45) is 2.71. The van der Waals surface area contributed by atoms with Gasteiger partial charge in [-0.3, -0.25) is 4.79 Å². The van der Waals surface area contributed by atoms with Gasteiger partial charge in [-0.2, -0.15) is 0 Å². The van der Waals surface area contributed by atoms with Crippen LogP contribution in [-0.4, -0.2) is 42.7 Å². The van der Waals surface area contributed by atoms with Crippen LogP contribution in [0.25, 0.3) is 0 Å². The van der Waals surface area contributed by atoms with Gasteiger partial charge in [0, 0.05) is 20.0 Å². The third-order valence-corrected chi connectivity index (χ3v) is 4.63. The van der Waals surface area contributed by atoms with Crippen LogP contribution in [-0.2, 0) is 11.2 Å². The smallest absolute Gasteiger partial charge is 0.222 e. The summed E-state index contributed by atoms with van der Waals surface area (Å²) in [5.41, 5.74) is 1.11. The Morgan fingerprint density at radius 2 is 2.19 bits per heavy atom. The molecule has 1 amide bonds. The van der Waals surface area contributed by atoms with E-state index in [1.54, 1.807) is 12.0 Å². The molecule has 0 spiro atoms. The lowest BCUT2D eigenvalue weighted by atomic mass is 9.82. The summed E-state index contributed by atoms with van der Waals surface area (Å²) < 4.78 is 6.10. The third-order valence-electron chi connectivity index (χ3n) is 4.01. The predicted molar refractivity (Wildman–Crippen MR) is 85.4 cm³/mol. The molecular formula is C16H22BrNO3. The van der Waals surface area contributed by atoms with Gasteiger partial charge in [0.15, 0.2) is 0 Å². The highest BCUT2D eigenvalue weighted by Gasteiger charge is 2.28. The molecule has 1 aromatic carbocycles. The molecule has 0 aliphatic heterocycles. The van der Waals surface area contributed by atoms with Gasteiger partial charge in [-0.1, -0.05) is 6.07 Å². The van der Waals surface area contributed by atoms with E-state index in [1.807, 2.05) is 25.2 Å². The number of hydrogen-bond acceptors (Lipinski definition) is 3. The Balaban J connectivity index is 1.79. The van der Waals surface area contributed by atoms with Gasteiger partial charge < -0.3 is 14.7 Å². The molecule has 0 bridgehead atoms. The van der Waals surface area contributed by atoms with Crippen molar-refractivity contribution in [3.63, 3.8) is 0 Å². The zero-order valence-electron chi connectivity index (χ0n) is 12.5. The number of aliphatic hydroxyl groups excluding tert-OH is 1. The molecule has 116 valence electrons. The summed E-state index contributed by atoms with van der Waals surface area (Å²) >= 11 is 3.45. The Bertz CT molecular complexity index is 500. The highest BCUT2D eigenvalue weighted by molar-refractivity contribution is 9.10. The minimum absolute atomic E-state index is 0.156. The Morgan fingerprint density at radius 3 is 2.76 bits per heavy atom. The maximum Gasteiger partial charge on any atom is 0.222 e. The lowest BCUT2D eigenvalue weighted by Gasteiger charge is -2.34. The maximum absolute atomic E-state index is 12.1. The van der Waals surface area contributed by atoms with Crippen molar-refractivity contribution < 1.29 is 14.6 Å². The number of methoxy groups -OCH3 is 1. The van der Waals surface area contributed by atoms with Crippen LogP contribution >= 0.6 is 15.9 Å². The molecule has 1 aliphatic rings. The topological polar surface area (TPSA) is 49.8 Å². The van der Waals surface area contributed by atoms with Crippen LogP contribution in [0.5, 0.6) is 5.75 Å². The van der Waals surface area contributed by atoms with Gasteiger partial charge in [-0.25, -0.2) is 0 Å². The fraction of sp³-hybridized carbons (Fsp3) is 0.562. The van der Waals surface area contributed by atoms with Gasteiger partial charge in [-0.15, -0.1) is 0 Å². The van der Waals surface area contributed by atoms with E-state index in [0.717, 1.165) is 41.6 Å². The van der Waals surface area contributed by atoms with Crippen LogP contribution in [0.1, 0.15) is 24.8 Å². The number of rotatable bonds is 6. The molecule has 0 heterocycles. The first-order valence-electron chi connectivity index (χ1n) is 7.24. The number of hydrogen-bond donors (Lipinski definition) is 1. The van der Waals surface area contributed by atoms with Crippen molar-refractivity contribution in [1.29, 1.82) is 0 Å². The van der Waals surface area contributed by atoms with Crippen molar-refractivity contribution in [3.8, 4) is 5.75 Å². The standard InChI is InChI=1S/C16H22BrNO3/c1-18(10-12-7-13(19)8-12)16(20)6-4-11-3-5-15(21-2)14(17)9-11/h3,5,9,12-13,19H,4,6-8,10H2,1-2H3. The van der Waals surface area contributed by atoms with E-state index in [-0.39, 0.29) is 12.0 Å². The Morgan fingerprint density at radius 1 is 1.48 bits per heavy atom. The second kappa shape index (κ2) is 7.27. The summed E-state index contributed by atoms with van der Waals surface area (Å²) in [5.74, 6) is 1.41. The van der Waals surface area contributed by atoms with Crippen molar-refractivity contribution in [3.05, 3.63) is 28.2 Å². The SMILES string of the molecule is COc1ccc(CCC(=O)N(C)CC2CC(O)C2)cc1Br. The molecule has 1 N–H and O–H groups in total. The van der Waals surface area contributed by atoms with Crippen molar-refractivity contribution >= 4 is 21.8 Å². The van der Waals surface area contributed by atoms with E-state index in [9.17, 15) is 9.90 Å². The van der Waals surface area contributed by atoms with E-state index in [4.69, 9.17) is 4.74 Å². The molecule has 1 saturated carbocycles. The molecule has 1 fully saturated rings. The molecule has 2 rings (SSSR count). The van der Waals surface area contributed by atoms with Gasteiger partial charge >= 0.3 is 0 Å². The number of benzene rings is 1. The number of halogens is 1. The molecule has 0 atom stereocenters. The summed E-state index contributed by atoms with van der Waals surface area (Å²) in [7, 11) is 3.48. The predicted octanol–water partition coefficient (Wildman–Crippen LogP) is 2.62. The largest absolute Gasteiger partial charge is 0.496 e. The van der Waals surface area contributed by atoms with Gasteiger partial charge in [0.25, 0.3) is 0 Å². The van der Waals surface area contributed by atoms with Crippen LogP contribution < -0.4 is 4.74 Å². The maximum atomic E-state index is 12.1. The van der Waals surface area contributed by atoms with Crippen LogP contribution in [0.2, 0.25) is 0 Å². The summed E-state index contributed by atoms with van der Waals surface area (Å²) in [6, 6.07) is 5.89. The van der Waals surface area contributed by atoms with Crippen molar-refractivity contribution in [2.75, 3.05) is 20.7 Å². The van der Waals surface area contributed by atoms with Gasteiger partial charge in [0.05, 0.1) is 17.7 Å². The van der Waals surface area contributed by atoms with E-state index < -0.39 is 0 Å². The zero-order valence-corrected chi connectivity index (χ0v) is 14.1. The van der Waals surface area contributed by atoms with Crippen LogP contribution in [0.4, 0.5) is 0 Å². The lowest BCUT2D eigenvalue weighted by Crippen LogP contribution is -2.39. The zero-order chi connectivity index (χ0) is 15.4. The van der Waals surface area contributed by atoms with Crippen molar-refractivity contribution in [2.45, 2.75) is 31.8 Å². The minimum atomic E-state index is -0.157.